The molecule has 0 amide bonds. The first-order valence-corrected chi connectivity index (χ1v) is 5.79. The van der Waals surface area contributed by atoms with Crippen molar-refractivity contribution in [3.05, 3.63) is 35.6 Å². The minimum Gasteiger partial charge on any atom is -0.311 e. The number of nitrogens with one attached hydrogen (secondary N) is 1. The van der Waals surface area contributed by atoms with E-state index in [0.717, 1.165) is 25.8 Å². The van der Waals surface area contributed by atoms with E-state index in [1.54, 1.807) is 6.92 Å². The summed E-state index contributed by atoms with van der Waals surface area (Å²) in [4.78, 5) is 0. The van der Waals surface area contributed by atoms with Crippen LogP contribution < -0.4 is 5.32 Å². The highest BCUT2D eigenvalue weighted by Crippen LogP contribution is 2.33. The molecule has 1 aromatic rings. The summed E-state index contributed by atoms with van der Waals surface area (Å²) in [6.07, 6.45) is 3.00. The zero-order valence-corrected chi connectivity index (χ0v) is 9.47. The lowest BCUT2D eigenvalue weighted by atomic mass is 9.85. The van der Waals surface area contributed by atoms with Crippen molar-refractivity contribution in [1.29, 1.82) is 0 Å². The van der Waals surface area contributed by atoms with Crippen LogP contribution in [-0.2, 0) is 5.67 Å². The van der Waals surface area contributed by atoms with Crippen LogP contribution in [0, 0.1) is 5.82 Å². The Morgan fingerprint density at radius 3 is 2.50 bits per heavy atom. The SMILES string of the molecule is CC(F)(c1ccc(F)cc1)C1CCCCN1. The molecular formula is C13H17F2N. The molecular weight excluding hydrogens is 208 g/mol. The van der Waals surface area contributed by atoms with Gasteiger partial charge in [0.25, 0.3) is 0 Å². The highest BCUT2D eigenvalue weighted by molar-refractivity contribution is 5.24. The molecule has 1 nitrogen and oxygen atoms in total. The third-order valence-electron chi connectivity index (χ3n) is 3.37. The Balaban J connectivity index is 2.19. The van der Waals surface area contributed by atoms with Crippen LogP contribution in [-0.4, -0.2) is 12.6 Å². The third kappa shape index (κ3) is 2.24. The van der Waals surface area contributed by atoms with Crippen LogP contribution in [0.15, 0.2) is 24.3 Å². The van der Waals surface area contributed by atoms with Gasteiger partial charge in [0.05, 0.1) is 0 Å². The number of hydrogen-bond donors (Lipinski definition) is 1. The minimum atomic E-state index is -1.42. The van der Waals surface area contributed by atoms with Crippen molar-refractivity contribution in [2.75, 3.05) is 6.54 Å². The Kier molecular flexibility index (Phi) is 3.24. The number of rotatable bonds is 2. The Bertz CT molecular complexity index is 339. The predicted molar refractivity (Wildman–Crippen MR) is 60.5 cm³/mol. The van der Waals surface area contributed by atoms with Crippen LogP contribution in [0.5, 0.6) is 0 Å². The lowest BCUT2D eigenvalue weighted by Gasteiger charge is -2.34. The summed E-state index contributed by atoms with van der Waals surface area (Å²) >= 11 is 0. The number of hydrogen-bond acceptors (Lipinski definition) is 1. The molecule has 0 aliphatic carbocycles. The average molecular weight is 225 g/mol. The molecule has 2 rings (SSSR count). The van der Waals surface area contributed by atoms with Crippen molar-refractivity contribution in [3.63, 3.8) is 0 Å². The Labute approximate surface area is 94.9 Å². The molecule has 0 bridgehead atoms. The van der Waals surface area contributed by atoms with Gasteiger partial charge in [-0.2, -0.15) is 0 Å². The summed E-state index contributed by atoms with van der Waals surface area (Å²) < 4.78 is 27.4. The van der Waals surface area contributed by atoms with Gasteiger partial charge in [0.1, 0.15) is 11.5 Å². The van der Waals surface area contributed by atoms with E-state index in [9.17, 15) is 8.78 Å². The maximum absolute atomic E-state index is 14.7. The van der Waals surface area contributed by atoms with E-state index in [-0.39, 0.29) is 11.9 Å². The third-order valence-corrected chi connectivity index (χ3v) is 3.37. The van der Waals surface area contributed by atoms with Gasteiger partial charge in [0, 0.05) is 6.04 Å². The Morgan fingerprint density at radius 2 is 1.94 bits per heavy atom. The quantitative estimate of drug-likeness (QED) is 0.815. The van der Waals surface area contributed by atoms with Crippen molar-refractivity contribution in [3.8, 4) is 0 Å². The topological polar surface area (TPSA) is 12.0 Å². The summed E-state index contributed by atoms with van der Waals surface area (Å²) in [5.41, 5.74) is -0.873. The van der Waals surface area contributed by atoms with Crippen molar-refractivity contribution in [2.45, 2.75) is 37.9 Å². The largest absolute Gasteiger partial charge is 0.311 e. The van der Waals surface area contributed by atoms with E-state index in [4.69, 9.17) is 0 Å². The molecule has 0 aromatic heterocycles. The minimum absolute atomic E-state index is 0.160. The Hall–Kier alpha value is -0.960. The molecule has 0 spiro atoms. The lowest BCUT2D eigenvalue weighted by Crippen LogP contribution is -2.46. The second-order valence-electron chi connectivity index (χ2n) is 4.58. The van der Waals surface area contributed by atoms with Gasteiger partial charge in [-0.15, -0.1) is 0 Å². The first-order valence-electron chi connectivity index (χ1n) is 5.79. The summed E-state index contributed by atoms with van der Waals surface area (Å²) in [7, 11) is 0. The molecule has 1 aliphatic rings. The standard InChI is InChI=1S/C13H17F2N/c1-13(15,12-4-2-3-9-16-12)10-5-7-11(14)8-6-10/h5-8,12,16H,2-4,9H2,1H3. The van der Waals surface area contributed by atoms with E-state index in [1.165, 1.54) is 24.3 Å². The van der Waals surface area contributed by atoms with E-state index in [0.29, 0.717) is 5.56 Å². The first kappa shape index (κ1) is 11.5. The van der Waals surface area contributed by atoms with Gasteiger partial charge in [-0.05, 0) is 44.0 Å². The van der Waals surface area contributed by atoms with E-state index >= 15 is 0 Å². The van der Waals surface area contributed by atoms with E-state index in [1.807, 2.05) is 0 Å². The molecule has 0 saturated carbocycles. The van der Waals surface area contributed by atoms with Gasteiger partial charge in [0.15, 0.2) is 0 Å². The zero-order valence-electron chi connectivity index (χ0n) is 9.47. The number of benzene rings is 1. The second kappa shape index (κ2) is 4.50. The van der Waals surface area contributed by atoms with Crippen LogP contribution in [0.2, 0.25) is 0 Å². The zero-order chi connectivity index (χ0) is 11.6. The normalized spacial score (nSPS) is 25.1. The maximum atomic E-state index is 14.7. The van der Waals surface area contributed by atoms with E-state index in [2.05, 4.69) is 5.32 Å². The molecule has 1 aromatic carbocycles. The van der Waals surface area contributed by atoms with Gasteiger partial charge < -0.3 is 5.32 Å². The summed E-state index contributed by atoms with van der Waals surface area (Å²) in [5, 5.41) is 3.20. The van der Waals surface area contributed by atoms with Gasteiger partial charge in [-0.25, -0.2) is 8.78 Å². The van der Waals surface area contributed by atoms with Crippen molar-refractivity contribution < 1.29 is 8.78 Å². The predicted octanol–water partition coefficient (Wildman–Crippen LogP) is 3.15. The molecule has 1 N–H and O–H groups in total. The summed E-state index contributed by atoms with van der Waals surface area (Å²) in [5.74, 6) is -0.323. The van der Waals surface area contributed by atoms with Crippen molar-refractivity contribution in [2.24, 2.45) is 0 Å². The average Bonchev–Trinajstić information content (AvgIpc) is 2.31. The van der Waals surface area contributed by atoms with Gasteiger partial charge in [-0.3, -0.25) is 0 Å². The smallest absolute Gasteiger partial charge is 0.148 e. The fourth-order valence-corrected chi connectivity index (χ4v) is 2.29. The number of alkyl halides is 1. The summed E-state index contributed by atoms with van der Waals surface area (Å²) in [6.45, 7) is 2.44. The lowest BCUT2D eigenvalue weighted by molar-refractivity contribution is 0.107. The monoisotopic (exact) mass is 225 g/mol. The molecule has 2 unspecified atom stereocenters. The van der Waals surface area contributed by atoms with Crippen LogP contribution >= 0.6 is 0 Å². The molecule has 88 valence electrons. The van der Waals surface area contributed by atoms with Gasteiger partial charge in [-0.1, -0.05) is 18.6 Å². The molecule has 2 atom stereocenters. The molecule has 3 heteroatoms. The van der Waals surface area contributed by atoms with Crippen molar-refractivity contribution >= 4 is 0 Å². The van der Waals surface area contributed by atoms with Gasteiger partial charge in [0.2, 0.25) is 0 Å². The molecule has 1 fully saturated rings. The fourth-order valence-electron chi connectivity index (χ4n) is 2.29. The fraction of sp³-hybridized carbons (Fsp3) is 0.538. The van der Waals surface area contributed by atoms with E-state index < -0.39 is 5.67 Å². The van der Waals surface area contributed by atoms with Crippen LogP contribution in [0.4, 0.5) is 8.78 Å². The van der Waals surface area contributed by atoms with Crippen molar-refractivity contribution in [1.82, 2.24) is 5.32 Å². The maximum Gasteiger partial charge on any atom is 0.148 e. The number of halogens is 2. The van der Waals surface area contributed by atoms with Gasteiger partial charge >= 0.3 is 0 Å². The summed E-state index contributed by atoms with van der Waals surface area (Å²) in [6, 6.07) is 5.54. The molecule has 0 radical (unpaired) electrons. The highest BCUT2D eigenvalue weighted by Gasteiger charge is 2.36. The first-order chi connectivity index (χ1) is 7.60. The second-order valence-corrected chi connectivity index (χ2v) is 4.58. The molecule has 1 saturated heterocycles. The molecule has 16 heavy (non-hydrogen) atoms. The van der Waals surface area contributed by atoms with Crippen LogP contribution in [0.1, 0.15) is 31.7 Å². The Morgan fingerprint density at radius 1 is 1.25 bits per heavy atom. The number of piperidine rings is 1. The van der Waals surface area contributed by atoms with Crippen LogP contribution in [0.3, 0.4) is 0 Å². The molecule has 1 heterocycles. The van der Waals surface area contributed by atoms with Crippen LogP contribution in [0.25, 0.3) is 0 Å². The molecule has 1 aliphatic heterocycles. The highest BCUT2D eigenvalue weighted by atomic mass is 19.1.